The lowest BCUT2D eigenvalue weighted by Gasteiger charge is -2.27. The van der Waals surface area contributed by atoms with Gasteiger partial charge in [-0.3, -0.25) is 0 Å². The number of aromatic carboxylic acids is 1. The minimum absolute atomic E-state index is 0.331. The molecule has 2 rings (SSSR count). The van der Waals surface area contributed by atoms with E-state index in [1.165, 1.54) is 0 Å². The Balaban J connectivity index is 2.61. The van der Waals surface area contributed by atoms with Gasteiger partial charge in [-0.1, -0.05) is 61.9 Å². The number of rotatable bonds is 3. The Labute approximate surface area is 113 Å². The van der Waals surface area contributed by atoms with Crippen molar-refractivity contribution in [3.05, 3.63) is 70.8 Å². The predicted octanol–water partition coefficient (Wildman–Crippen LogP) is 4.02. The third kappa shape index (κ3) is 2.53. The van der Waals surface area contributed by atoms with E-state index < -0.39 is 5.97 Å². The van der Waals surface area contributed by atoms with Gasteiger partial charge in [0.1, 0.15) is 0 Å². The molecule has 0 spiro atoms. The smallest absolute Gasteiger partial charge is 0.336 e. The Kier molecular flexibility index (Phi) is 3.43. The molecule has 2 heteroatoms. The van der Waals surface area contributed by atoms with E-state index in [4.69, 9.17) is 0 Å². The fourth-order valence-electron chi connectivity index (χ4n) is 2.39. The van der Waals surface area contributed by atoms with Crippen LogP contribution >= 0.6 is 0 Å². The highest BCUT2D eigenvalue weighted by Crippen LogP contribution is 2.33. The summed E-state index contributed by atoms with van der Waals surface area (Å²) in [5, 5.41) is 9.40. The van der Waals surface area contributed by atoms with Crippen molar-refractivity contribution in [2.75, 3.05) is 0 Å². The molecular weight excluding hydrogens is 236 g/mol. The minimum Gasteiger partial charge on any atom is -0.478 e. The van der Waals surface area contributed by atoms with Gasteiger partial charge < -0.3 is 5.11 Å². The molecule has 0 saturated heterocycles. The quantitative estimate of drug-likeness (QED) is 0.898. The molecule has 0 bridgehead atoms. The maximum atomic E-state index is 11.5. The maximum Gasteiger partial charge on any atom is 0.336 e. The maximum absolute atomic E-state index is 11.5. The standard InChI is InChI=1S/C17H18O2/c1-12-9-10-15(14(11-12)16(18)19)17(2,3)13-7-5-4-6-8-13/h4-11H,1-3H3,(H,18,19). The first-order valence-corrected chi connectivity index (χ1v) is 6.33. The van der Waals surface area contributed by atoms with Gasteiger partial charge in [-0.15, -0.1) is 0 Å². The van der Waals surface area contributed by atoms with Crippen LogP contribution in [0.2, 0.25) is 0 Å². The van der Waals surface area contributed by atoms with E-state index in [1.54, 1.807) is 6.07 Å². The molecule has 1 N–H and O–H groups in total. The number of benzene rings is 2. The Morgan fingerprint density at radius 3 is 2.26 bits per heavy atom. The molecule has 0 radical (unpaired) electrons. The van der Waals surface area contributed by atoms with Crippen LogP contribution in [0.25, 0.3) is 0 Å². The Bertz CT molecular complexity index is 598. The highest BCUT2D eigenvalue weighted by Gasteiger charge is 2.27. The summed E-state index contributed by atoms with van der Waals surface area (Å²) in [7, 11) is 0. The molecule has 0 fully saturated rings. The molecule has 0 aliphatic rings. The summed E-state index contributed by atoms with van der Waals surface area (Å²) in [6.45, 7) is 6.02. The molecule has 0 aliphatic carbocycles. The molecule has 98 valence electrons. The topological polar surface area (TPSA) is 37.3 Å². The minimum atomic E-state index is -0.872. The second-order valence-electron chi connectivity index (χ2n) is 5.35. The van der Waals surface area contributed by atoms with E-state index in [0.717, 1.165) is 16.7 Å². The van der Waals surface area contributed by atoms with Crippen molar-refractivity contribution in [2.45, 2.75) is 26.2 Å². The average Bonchev–Trinajstić information content (AvgIpc) is 2.39. The molecule has 2 aromatic rings. The zero-order valence-electron chi connectivity index (χ0n) is 11.5. The Morgan fingerprint density at radius 2 is 1.68 bits per heavy atom. The van der Waals surface area contributed by atoms with E-state index in [2.05, 4.69) is 13.8 Å². The van der Waals surface area contributed by atoms with Gasteiger partial charge in [-0.05, 0) is 24.1 Å². The second kappa shape index (κ2) is 4.88. The van der Waals surface area contributed by atoms with Gasteiger partial charge in [0.25, 0.3) is 0 Å². The van der Waals surface area contributed by atoms with Gasteiger partial charge >= 0.3 is 5.97 Å². The molecule has 0 aliphatic heterocycles. The van der Waals surface area contributed by atoms with Crippen LogP contribution in [-0.2, 0) is 5.41 Å². The lowest BCUT2D eigenvalue weighted by Crippen LogP contribution is -2.22. The van der Waals surface area contributed by atoms with Crippen LogP contribution in [0.1, 0.15) is 40.9 Å². The van der Waals surface area contributed by atoms with E-state index in [9.17, 15) is 9.90 Å². The molecule has 0 unspecified atom stereocenters. The first-order valence-electron chi connectivity index (χ1n) is 6.33. The van der Waals surface area contributed by atoms with Gasteiger partial charge in [0.2, 0.25) is 0 Å². The number of hydrogen-bond donors (Lipinski definition) is 1. The highest BCUT2D eigenvalue weighted by molar-refractivity contribution is 5.90. The van der Waals surface area contributed by atoms with Crippen molar-refractivity contribution in [2.24, 2.45) is 0 Å². The lowest BCUT2D eigenvalue weighted by molar-refractivity contribution is 0.0694. The summed E-state index contributed by atoms with van der Waals surface area (Å²) >= 11 is 0. The molecule has 2 nitrogen and oxygen atoms in total. The summed E-state index contributed by atoms with van der Waals surface area (Å²) in [6.07, 6.45) is 0. The molecule has 2 aromatic carbocycles. The SMILES string of the molecule is Cc1ccc(C(C)(C)c2ccccc2)c(C(=O)O)c1. The van der Waals surface area contributed by atoms with E-state index in [1.807, 2.05) is 49.4 Å². The zero-order valence-corrected chi connectivity index (χ0v) is 11.5. The third-order valence-electron chi connectivity index (χ3n) is 3.57. The van der Waals surface area contributed by atoms with E-state index in [0.29, 0.717) is 5.56 Å². The van der Waals surface area contributed by atoms with Gasteiger partial charge in [-0.2, -0.15) is 0 Å². The third-order valence-corrected chi connectivity index (χ3v) is 3.57. The molecule has 0 aromatic heterocycles. The van der Waals surface area contributed by atoms with Gasteiger partial charge in [0.05, 0.1) is 5.56 Å². The highest BCUT2D eigenvalue weighted by atomic mass is 16.4. The second-order valence-corrected chi connectivity index (χ2v) is 5.35. The van der Waals surface area contributed by atoms with E-state index >= 15 is 0 Å². The first-order chi connectivity index (χ1) is 8.93. The molecule has 19 heavy (non-hydrogen) atoms. The van der Waals surface area contributed by atoms with Gasteiger partial charge in [0, 0.05) is 5.41 Å². The van der Waals surface area contributed by atoms with Crippen molar-refractivity contribution in [3.63, 3.8) is 0 Å². The molecule has 0 atom stereocenters. The summed E-state index contributed by atoms with van der Waals surface area (Å²) in [4.78, 5) is 11.5. The monoisotopic (exact) mass is 254 g/mol. The van der Waals surface area contributed by atoms with E-state index in [-0.39, 0.29) is 5.41 Å². The number of carbonyl (C=O) groups is 1. The molecular formula is C17H18O2. The van der Waals surface area contributed by atoms with Crippen LogP contribution in [0.3, 0.4) is 0 Å². The Morgan fingerprint density at radius 1 is 1.05 bits per heavy atom. The normalized spacial score (nSPS) is 11.3. The van der Waals surface area contributed by atoms with Crippen LogP contribution in [0.15, 0.2) is 48.5 Å². The van der Waals surface area contributed by atoms with Crippen molar-refractivity contribution in [1.29, 1.82) is 0 Å². The fourth-order valence-corrected chi connectivity index (χ4v) is 2.39. The number of hydrogen-bond acceptors (Lipinski definition) is 1. The summed E-state index contributed by atoms with van der Waals surface area (Å²) in [5.41, 5.74) is 2.97. The predicted molar refractivity (Wildman–Crippen MR) is 76.7 cm³/mol. The van der Waals surface area contributed by atoms with Crippen molar-refractivity contribution in [1.82, 2.24) is 0 Å². The van der Waals surface area contributed by atoms with Gasteiger partial charge in [0.15, 0.2) is 0 Å². The van der Waals surface area contributed by atoms with Gasteiger partial charge in [-0.25, -0.2) is 4.79 Å². The first kappa shape index (κ1) is 13.3. The molecule has 0 heterocycles. The van der Waals surface area contributed by atoms with Crippen molar-refractivity contribution >= 4 is 5.97 Å². The van der Waals surface area contributed by atoms with Crippen LogP contribution in [0.5, 0.6) is 0 Å². The largest absolute Gasteiger partial charge is 0.478 e. The van der Waals surface area contributed by atoms with Crippen LogP contribution in [0.4, 0.5) is 0 Å². The number of carboxylic acid groups (broad SMARTS) is 1. The summed E-state index contributed by atoms with van der Waals surface area (Å²) in [6, 6.07) is 15.6. The fraction of sp³-hybridized carbons (Fsp3) is 0.235. The molecule has 0 saturated carbocycles. The van der Waals surface area contributed by atoms with Crippen LogP contribution in [-0.4, -0.2) is 11.1 Å². The number of carboxylic acids is 1. The zero-order chi connectivity index (χ0) is 14.0. The van der Waals surface area contributed by atoms with Crippen molar-refractivity contribution in [3.8, 4) is 0 Å². The summed E-state index contributed by atoms with van der Waals surface area (Å²) < 4.78 is 0. The lowest BCUT2D eigenvalue weighted by atomic mass is 9.76. The van der Waals surface area contributed by atoms with Crippen LogP contribution < -0.4 is 0 Å². The number of aryl methyl sites for hydroxylation is 1. The molecule has 0 amide bonds. The summed E-state index contributed by atoms with van der Waals surface area (Å²) in [5.74, 6) is -0.872. The van der Waals surface area contributed by atoms with Crippen molar-refractivity contribution < 1.29 is 9.90 Å². The Hall–Kier alpha value is -2.09. The average molecular weight is 254 g/mol. The van der Waals surface area contributed by atoms with Crippen LogP contribution in [0, 0.1) is 6.92 Å².